The Morgan fingerprint density at radius 2 is 1.96 bits per heavy atom. The molecule has 0 aliphatic rings. The molecule has 0 radical (unpaired) electrons. The summed E-state index contributed by atoms with van der Waals surface area (Å²) in [5, 5.41) is 13.1. The molecule has 1 aromatic carbocycles. The highest BCUT2D eigenvalue weighted by Crippen LogP contribution is 2.27. The molecule has 0 fully saturated rings. The van der Waals surface area contributed by atoms with Gasteiger partial charge in [0.15, 0.2) is 5.65 Å². The van der Waals surface area contributed by atoms with E-state index in [0.29, 0.717) is 17.1 Å². The molecule has 0 aliphatic carbocycles. The van der Waals surface area contributed by atoms with Gasteiger partial charge in [-0.05, 0) is 47.0 Å². The van der Waals surface area contributed by atoms with Crippen molar-refractivity contribution in [3.05, 3.63) is 88.0 Å². The predicted molar refractivity (Wildman–Crippen MR) is 112 cm³/mol. The second-order valence-electron chi connectivity index (χ2n) is 7.28. The molecule has 0 saturated heterocycles. The van der Waals surface area contributed by atoms with Gasteiger partial charge in [-0.3, -0.25) is 9.20 Å². The fourth-order valence-electron chi connectivity index (χ4n) is 3.27. The zero-order valence-electron chi connectivity index (χ0n) is 15.9. The quantitative estimate of drug-likeness (QED) is 0.527. The van der Waals surface area contributed by atoms with Crippen molar-refractivity contribution in [2.75, 3.05) is 0 Å². The number of hydrogen-bond donors (Lipinski definition) is 1. The molecule has 1 amide bonds. The Morgan fingerprint density at radius 3 is 2.68 bits per heavy atom. The Bertz CT molecular complexity index is 1070. The van der Waals surface area contributed by atoms with Gasteiger partial charge in [0.05, 0.1) is 11.6 Å². The van der Waals surface area contributed by atoms with Crippen molar-refractivity contribution in [2.45, 2.75) is 26.3 Å². The monoisotopic (exact) mass is 390 g/mol. The lowest BCUT2D eigenvalue weighted by Crippen LogP contribution is -2.29. The van der Waals surface area contributed by atoms with Crippen molar-refractivity contribution in [1.29, 1.82) is 0 Å². The van der Waals surface area contributed by atoms with Crippen LogP contribution >= 0.6 is 11.3 Å². The first-order valence-corrected chi connectivity index (χ1v) is 10.2. The van der Waals surface area contributed by atoms with Gasteiger partial charge in [0.25, 0.3) is 5.91 Å². The van der Waals surface area contributed by atoms with E-state index in [-0.39, 0.29) is 11.9 Å². The van der Waals surface area contributed by atoms with Gasteiger partial charge in [-0.15, -0.1) is 21.5 Å². The molecule has 4 rings (SSSR count). The number of carbonyl (C=O) groups is 1. The van der Waals surface area contributed by atoms with E-state index in [1.807, 2.05) is 11.4 Å². The third-order valence-corrected chi connectivity index (χ3v) is 5.55. The van der Waals surface area contributed by atoms with Crippen molar-refractivity contribution >= 4 is 22.9 Å². The molecule has 1 N–H and O–H groups in total. The van der Waals surface area contributed by atoms with Crippen LogP contribution in [0.2, 0.25) is 0 Å². The number of carbonyl (C=O) groups excluding carboxylic acids is 1. The first-order valence-electron chi connectivity index (χ1n) is 9.32. The van der Waals surface area contributed by atoms with E-state index in [1.165, 1.54) is 5.56 Å². The van der Waals surface area contributed by atoms with E-state index in [2.05, 4.69) is 59.7 Å². The lowest BCUT2D eigenvalue weighted by molar-refractivity contribution is 0.0943. The molecule has 28 heavy (non-hydrogen) atoms. The lowest BCUT2D eigenvalue weighted by atomic mass is 9.98. The average Bonchev–Trinajstić information content (AvgIpc) is 3.37. The third-order valence-electron chi connectivity index (χ3n) is 4.61. The van der Waals surface area contributed by atoms with Crippen LogP contribution in [0.25, 0.3) is 5.65 Å². The smallest absolute Gasteiger partial charge is 0.253 e. The van der Waals surface area contributed by atoms with Gasteiger partial charge in [-0.2, -0.15) is 0 Å². The fourth-order valence-corrected chi connectivity index (χ4v) is 4.07. The maximum atomic E-state index is 12.9. The first-order chi connectivity index (χ1) is 13.6. The Hall–Kier alpha value is -2.99. The number of aromatic nitrogens is 3. The molecule has 142 valence electrons. The normalized spacial score (nSPS) is 12.4. The van der Waals surface area contributed by atoms with E-state index >= 15 is 0 Å². The minimum Gasteiger partial charge on any atom is -0.340 e. The van der Waals surface area contributed by atoms with E-state index in [0.717, 1.165) is 16.9 Å². The van der Waals surface area contributed by atoms with Gasteiger partial charge >= 0.3 is 0 Å². The number of rotatable bonds is 6. The third kappa shape index (κ3) is 3.97. The molecular formula is C22H22N4OS. The van der Waals surface area contributed by atoms with Crippen LogP contribution in [0.15, 0.2) is 66.4 Å². The van der Waals surface area contributed by atoms with Crippen LogP contribution < -0.4 is 5.32 Å². The van der Waals surface area contributed by atoms with E-state index in [1.54, 1.807) is 40.4 Å². The van der Waals surface area contributed by atoms with Crippen molar-refractivity contribution in [2.24, 2.45) is 5.92 Å². The highest BCUT2D eigenvalue weighted by molar-refractivity contribution is 7.10. The summed E-state index contributed by atoms with van der Waals surface area (Å²) < 4.78 is 1.75. The summed E-state index contributed by atoms with van der Waals surface area (Å²) in [6.45, 7) is 4.43. The van der Waals surface area contributed by atoms with Gasteiger partial charge in [0.1, 0.15) is 6.33 Å². The number of fused-ring (bicyclic) bond motifs is 1. The molecule has 3 aromatic heterocycles. The highest BCUT2D eigenvalue weighted by atomic mass is 32.1. The number of hydrogen-bond acceptors (Lipinski definition) is 4. The second-order valence-corrected chi connectivity index (χ2v) is 8.25. The summed E-state index contributed by atoms with van der Waals surface area (Å²) >= 11 is 1.64. The molecule has 3 heterocycles. The molecule has 1 atom stereocenters. The van der Waals surface area contributed by atoms with Crippen molar-refractivity contribution < 1.29 is 4.79 Å². The molecule has 0 aliphatic heterocycles. The molecule has 1 unspecified atom stereocenters. The van der Waals surface area contributed by atoms with E-state index < -0.39 is 0 Å². The predicted octanol–water partition coefficient (Wildman–Crippen LogP) is 4.51. The number of pyridine rings is 1. The van der Waals surface area contributed by atoms with Crippen molar-refractivity contribution in [3.63, 3.8) is 0 Å². The summed E-state index contributed by atoms with van der Waals surface area (Å²) in [6, 6.07) is 16.0. The van der Waals surface area contributed by atoms with E-state index in [9.17, 15) is 4.79 Å². The number of amides is 1. The Balaban J connectivity index is 1.60. The first kappa shape index (κ1) is 18.4. The molecule has 0 bridgehead atoms. The maximum Gasteiger partial charge on any atom is 0.253 e. The summed E-state index contributed by atoms with van der Waals surface area (Å²) in [5.41, 5.74) is 3.68. The van der Waals surface area contributed by atoms with Crippen LogP contribution in [0, 0.1) is 5.92 Å². The maximum absolute atomic E-state index is 12.9. The number of thiophene rings is 1. The van der Waals surface area contributed by atoms with Crippen LogP contribution in [0.3, 0.4) is 0 Å². The van der Waals surface area contributed by atoms with Crippen LogP contribution in [0.4, 0.5) is 0 Å². The van der Waals surface area contributed by atoms with Crippen LogP contribution in [-0.4, -0.2) is 20.5 Å². The summed E-state index contributed by atoms with van der Waals surface area (Å²) in [5.74, 6) is 0.492. The van der Waals surface area contributed by atoms with Crippen molar-refractivity contribution in [3.8, 4) is 0 Å². The SMILES string of the molecule is CC(C)Cc1ccc(C(NC(=O)c2ccc3nncn3c2)c2cccs2)cc1. The number of nitrogens with one attached hydrogen (secondary N) is 1. The molecule has 4 aromatic rings. The standard InChI is InChI=1S/C22H22N4OS/c1-15(2)12-16-5-7-17(8-6-16)21(19-4-3-11-28-19)24-22(27)18-9-10-20-25-23-14-26(20)13-18/h3-11,13-15,21H,12H2,1-2H3,(H,24,27). The molecule has 5 nitrogen and oxygen atoms in total. The van der Waals surface area contributed by atoms with Crippen LogP contribution in [0.1, 0.15) is 46.3 Å². The second kappa shape index (κ2) is 7.94. The molecule has 0 saturated carbocycles. The zero-order chi connectivity index (χ0) is 19.5. The van der Waals surface area contributed by atoms with Crippen LogP contribution in [0.5, 0.6) is 0 Å². The summed E-state index contributed by atoms with van der Waals surface area (Å²) in [6.07, 6.45) is 4.40. The summed E-state index contributed by atoms with van der Waals surface area (Å²) in [4.78, 5) is 14.0. The molecule has 6 heteroatoms. The van der Waals surface area contributed by atoms with Gasteiger partial charge in [0.2, 0.25) is 0 Å². The fraction of sp³-hybridized carbons (Fsp3) is 0.227. The molecular weight excluding hydrogens is 368 g/mol. The Morgan fingerprint density at radius 1 is 1.14 bits per heavy atom. The lowest BCUT2D eigenvalue weighted by Gasteiger charge is -2.19. The minimum absolute atomic E-state index is 0.125. The Labute approximate surface area is 168 Å². The number of nitrogens with zero attached hydrogens (tertiary/aromatic N) is 3. The zero-order valence-corrected chi connectivity index (χ0v) is 16.7. The van der Waals surface area contributed by atoms with Crippen LogP contribution in [-0.2, 0) is 6.42 Å². The minimum atomic E-state index is -0.183. The highest BCUT2D eigenvalue weighted by Gasteiger charge is 2.19. The van der Waals surface area contributed by atoms with Gasteiger partial charge in [-0.1, -0.05) is 44.2 Å². The molecule has 0 spiro atoms. The Kier molecular flexibility index (Phi) is 5.21. The van der Waals surface area contributed by atoms with Gasteiger partial charge < -0.3 is 5.32 Å². The van der Waals surface area contributed by atoms with Gasteiger partial charge in [0, 0.05) is 11.1 Å². The van der Waals surface area contributed by atoms with Gasteiger partial charge in [-0.25, -0.2) is 0 Å². The topological polar surface area (TPSA) is 59.3 Å². The largest absolute Gasteiger partial charge is 0.340 e. The van der Waals surface area contributed by atoms with E-state index in [4.69, 9.17) is 0 Å². The van der Waals surface area contributed by atoms with Crippen molar-refractivity contribution in [1.82, 2.24) is 19.9 Å². The summed E-state index contributed by atoms with van der Waals surface area (Å²) in [7, 11) is 0. The average molecular weight is 391 g/mol. The number of benzene rings is 1.